The first-order valence-corrected chi connectivity index (χ1v) is 7.26. The van der Waals surface area contributed by atoms with Crippen LogP contribution < -0.4 is 10.1 Å². The van der Waals surface area contributed by atoms with Crippen LogP contribution in [-0.2, 0) is 0 Å². The van der Waals surface area contributed by atoms with Gasteiger partial charge in [-0.15, -0.1) is 0 Å². The van der Waals surface area contributed by atoms with Gasteiger partial charge in [-0.05, 0) is 31.4 Å². The third kappa shape index (κ3) is 5.21. The number of aliphatic hydroxyl groups is 1. The molecule has 0 aromatic heterocycles. The monoisotopic (exact) mass is 265 g/mol. The molecule has 0 heterocycles. The van der Waals surface area contributed by atoms with Crippen LogP contribution in [0.15, 0.2) is 30.3 Å². The highest BCUT2D eigenvalue weighted by Gasteiger charge is 2.23. The summed E-state index contributed by atoms with van der Waals surface area (Å²) in [6.45, 7) is 7.46. The fraction of sp³-hybridized carbons (Fsp3) is 0.625. The van der Waals surface area contributed by atoms with Gasteiger partial charge >= 0.3 is 0 Å². The van der Waals surface area contributed by atoms with Crippen LogP contribution in [0.4, 0.5) is 0 Å². The highest BCUT2D eigenvalue weighted by atomic mass is 16.5. The molecular weight excluding hydrogens is 238 g/mol. The molecular formula is C16H27NO2. The molecule has 0 fully saturated rings. The molecule has 0 amide bonds. The van der Waals surface area contributed by atoms with Crippen molar-refractivity contribution in [3.05, 3.63) is 30.3 Å². The fourth-order valence-electron chi connectivity index (χ4n) is 2.23. The minimum atomic E-state index is -0.482. The molecule has 1 rings (SSSR count). The van der Waals surface area contributed by atoms with Crippen LogP contribution in [0.5, 0.6) is 5.75 Å². The van der Waals surface area contributed by atoms with Gasteiger partial charge in [0.1, 0.15) is 18.5 Å². The van der Waals surface area contributed by atoms with Crippen LogP contribution in [0.25, 0.3) is 0 Å². The Labute approximate surface area is 117 Å². The van der Waals surface area contributed by atoms with Crippen molar-refractivity contribution in [2.75, 3.05) is 13.2 Å². The maximum atomic E-state index is 9.97. The number of nitrogens with one attached hydrogen (secondary N) is 1. The minimum absolute atomic E-state index is 0.147. The maximum Gasteiger partial charge on any atom is 0.119 e. The molecule has 2 N–H and O–H groups in total. The Bertz CT molecular complexity index is 328. The average Bonchev–Trinajstić information content (AvgIpc) is 2.48. The van der Waals surface area contributed by atoms with Gasteiger partial charge in [0.25, 0.3) is 0 Å². The SMILES string of the molecule is CCC(CC)(CC)NCC(O)COc1ccccc1. The topological polar surface area (TPSA) is 41.5 Å². The zero-order chi connectivity index (χ0) is 14.1. The van der Waals surface area contributed by atoms with E-state index in [1.165, 1.54) is 0 Å². The smallest absolute Gasteiger partial charge is 0.119 e. The standard InChI is InChI=1S/C16H27NO2/c1-4-16(5-2,6-3)17-12-14(18)13-19-15-10-8-7-9-11-15/h7-11,14,17-18H,4-6,12-13H2,1-3H3. The van der Waals surface area contributed by atoms with Crippen molar-refractivity contribution >= 4 is 0 Å². The number of β-amino-alcohol motifs (C(OH)–C–C–N with tert-alkyl or cyclic N) is 1. The summed E-state index contributed by atoms with van der Waals surface area (Å²) < 4.78 is 5.54. The van der Waals surface area contributed by atoms with Gasteiger partial charge in [0.2, 0.25) is 0 Å². The first kappa shape index (κ1) is 16.0. The van der Waals surface area contributed by atoms with E-state index in [1.807, 2.05) is 30.3 Å². The molecule has 1 atom stereocenters. The zero-order valence-electron chi connectivity index (χ0n) is 12.4. The van der Waals surface area contributed by atoms with Crippen molar-refractivity contribution in [3.8, 4) is 5.75 Å². The van der Waals surface area contributed by atoms with Crippen molar-refractivity contribution in [1.82, 2.24) is 5.32 Å². The summed E-state index contributed by atoms with van der Waals surface area (Å²) in [5.41, 5.74) is 0.147. The van der Waals surface area contributed by atoms with Crippen LogP contribution in [0.1, 0.15) is 40.0 Å². The number of aliphatic hydroxyl groups excluding tert-OH is 1. The molecule has 0 aliphatic carbocycles. The van der Waals surface area contributed by atoms with Gasteiger partial charge < -0.3 is 15.2 Å². The second kappa shape index (κ2) is 8.18. The maximum absolute atomic E-state index is 9.97. The Hall–Kier alpha value is -1.06. The zero-order valence-corrected chi connectivity index (χ0v) is 12.4. The van der Waals surface area contributed by atoms with Gasteiger partial charge in [-0.2, -0.15) is 0 Å². The predicted molar refractivity (Wildman–Crippen MR) is 79.6 cm³/mol. The molecule has 1 aromatic rings. The van der Waals surface area contributed by atoms with Crippen LogP contribution in [0.2, 0.25) is 0 Å². The summed E-state index contributed by atoms with van der Waals surface area (Å²) in [5, 5.41) is 13.5. The van der Waals surface area contributed by atoms with Gasteiger partial charge in [-0.25, -0.2) is 0 Å². The van der Waals surface area contributed by atoms with Crippen molar-refractivity contribution in [1.29, 1.82) is 0 Å². The van der Waals surface area contributed by atoms with Crippen LogP contribution in [0, 0.1) is 0 Å². The first-order chi connectivity index (χ1) is 9.15. The molecule has 0 radical (unpaired) electrons. The Balaban J connectivity index is 2.33. The molecule has 108 valence electrons. The summed E-state index contributed by atoms with van der Waals surface area (Å²) in [5.74, 6) is 0.800. The highest BCUT2D eigenvalue weighted by molar-refractivity contribution is 5.20. The van der Waals surface area contributed by atoms with E-state index in [0.717, 1.165) is 25.0 Å². The van der Waals surface area contributed by atoms with E-state index in [1.54, 1.807) is 0 Å². The molecule has 0 aliphatic heterocycles. The lowest BCUT2D eigenvalue weighted by atomic mass is 9.90. The number of hydrogen-bond acceptors (Lipinski definition) is 3. The third-order valence-electron chi connectivity index (χ3n) is 3.93. The van der Waals surface area contributed by atoms with E-state index in [9.17, 15) is 5.11 Å². The summed E-state index contributed by atoms with van der Waals surface area (Å²) in [6, 6.07) is 9.60. The lowest BCUT2D eigenvalue weighted by Crippen LogP contribution is -2.47. The number of para-hydroxylation sites is 1. The number of ether oxygens (including phenoxy) is 1. The van der Waals surface area contributed by atoms with Gasteiger partial charge in [0.15, 0.2) is 0 Å². The second-order valence-electron chi connectivity index (χ2n) is 5.00. The van der Waals surface area contributed by atoms with Crippen molar-refractivity contribution in [3.63, 3.8) is 0 Å². The Morgan fingerprint density at radius 3 is 2.21 bits per heavy atom. The molecule has 0 saturated heterocycles. The normalized spacial score (nSPS) is 13.3. The lowest BCUT2D eigenvalue weighted by Gasteiger charge is -2.33. The molecule has 19 heavy (non-hydrogen) atoms. The lowest BCUT2D eigenvalue weighted by molar-refractivity contribution is 0.0942. The molecule has 0 aliphatic rings. The van der Waals surface area contributed by atoms with Gasteiger partial charge in [-0.3, -0.25) is 0 Å². The van der Waals surface area contributed by atoms with Crippen molar-refractivity contribution in [2.24, 2.45) is 0 Å². The second-order valence-corrected chi connectivity index (χ2v) is 5.00. The summed E-state index contributed by atoms with van der Waals surface area (Å²) in [7, 11) is 0. The molecule has 3 heteroatoms. The third-order valence-corrected chi connectivity index (χ3v) is 3.93. The summed E-state index contributed by atoms with van der Waals surface area (Å²) in [4.78, 5) is 0. The fourth-order valence-corrected chi connectivity index (χ4v) is 2.23. The number of benzene rings is 1. The Morgan fingerprint density at radius 2 is 1.68 bits per heavy atom. The molecule has 0 spiro atoms. The Kier molecular flexibility index (Phi) is 6.89. The van der Waals surface area contributed by atoms with Crippen LogP contribution in [-0.4, -0.2) is 29.9 Å². The number of rotatable bonds is 9. The van der Waals surface area contributed by atoms with E-state index in [-0.39, 0.29) is 5.54 Å². The molecule has 0 saturated carbocycles. The first-order valence-electron chi connectivity index (χ1n) is 7.26. The van der Waals surface area contributed by atoms with E-state index >= 15 is 0 Å². The van der Waals surface area contributed by atoms with Gasteiger partial charge in [0.05, 0.1) is 0 Å². The molecule has 3 nitrogen and oxygen atoms in total. The van der Waals surface area contributed by atoms with Crippen LogP contribution in [0.3, 0.4) is 0 Å². The Morgan fingerprint density at radius 1 is 1.11 bits per heavy atom. The molecule has 1 unspecified atom stereocenters. The average molecular weight is 265 g/mol. The van der Waals surface area contributed by atoms with E-state index in [4.69, 9.17) is 4.74 Å². The quantitative estimate of drug-likeness (QED) is 0.721. The highest BCUT2D eigenvalue weighted by Crippen LogP contribution is 2.19. The predicted octanol–water partition coefficient (Wildman–Crippen LogP) is 2.98. The minimum Gasteiger partial charge on any atom is -0.491 e. The van der Waals surface area contributed by atoms with E-state index in [0.29, 0.717) is 13.2 Å². The van der Waals surface area contributed by atoms with Crippen molar-refractivity contribution in [2.45, 2.75) is 51.7 Å². The molecule has 1 aromatic carbocycles. The van der Waals surface area contributed by atoms with Gasteiger partial charge in [-0.1, -0.05) is 39.0 Å². The van der Waals surface area contributed by atoms with Crippen molar-refractivity contribution < 1.29 is 9.84 Å². The molecule has 0 bridgehead atoms. The number of hydrogen-bond donors (Lipinski definition) is 2. The van der Waals surface area contributed by atoms with E-state index in [2.05, 4.69) is 26.1 Å². The van der Waals surface area contributed by atoms with Gasteiger partial charge in [0, 0.05) is 12.1 Å². The summed E-state index contributed by atoms with van der Waals surface area (Å²) in [6.07, 6.45) is 2.74. The van der Waals surface area contributed by atoms with Crippen LogP contribution >= 0.6 is 0 Å². The summed E-state index contributed by atoms with van der Waals surface area (Å²) >= 11 is 0. The largest absolute Gasteiger partial charge is 0.491 e. The van der Waals surface area contributed by atoms with E-state index < -0.39 is 6.10 Å².